The second-order valence-electron chi connectivity index (χ2n) is 4.89. The summed E-state index contributed by atoms with van der Waals surface area (Å²) < 4.78 is 5.32. The number of benzene rings is 2. The van der Waals surface area contributed by atoms with Gasteiger partial charge in [0.05, 0.1) is 16.8 Å². The van der Waals surface area contributed by atoms with Crippen molar-refractivity contribution >= 4 is 16.9 Å². The Labute approximate surface area is 123 Å². The number of para-hydroxylation sites is 1. The molecule has 0 radical (unpaired) electrons. The molecule has 0 unspecified atom stereocenters. The van der Waals surface area contributed by atoms with Crippen molar-refractivity contribution < 1.29 is 9.53 Å². The summed E-state index contributed by atoms with van der Waals surface area (Å²) >= 11 is 0. The molecule has 3 heteroatoms. The van der Waals surface area contributed by atoms with Gasteiger partial charge in [0.1, 0.15) is 6.61 Å². The molecule has 0 aliphatic rings. The maximum Gasteiger partial charge on any atom is 0.338 e. The van der Waals surface area contributed by atoms with E-state index in [0.29, 0.717) is 5.56 Å². The van der Waals surface area contributed by atoms with Crippen molar-refractivity contribution in [2.75, 3.05) is 0 Å². The average molecular weight is 277 g/mol. The maximum absolute atomic E-state index is 11.9. The molecule has 3 aromatic rings. The van der Waals surface area contributed by atoms with E-state index in [4.69, 9.17) is 4.74 Å². The van der Waals surface area contributed by atoms with Gasteiger partial charge in [0, 0.05) is 5.39 Å². The number of hydrogen-bond acceptors (Lipinski definition) is 3. The van der Waals surface area contributed by atoms with E-state index in [9.17, 15) is 4.79 Å². The number of pyridine rings is 1. The first-order valence-electron chi connectivity index (χ1n) is 6.81. The third-order valence-electron chi connectivity index (χ3n) is 3.34. The summed E-state index contributed by atoms with van der Waals surface area (Å²) in [6, 6.07) is 18.9. The molecule has 0 aliphatic heterocycles. The normalized spacial score (nSPS) is 10.5. The summed E-state index contributed by atoms with van der Waals surface area (Å²) in [6.45, 7) is 2.21. The van der Waals surface area contributed by atoms with E-state index in [1.165, 1.54) is 0 Å². The van der Waals surface area contributed by atoms with Crippen LogP contribution in [0.15, 0.2) is 60.7 Å². The van der Waals surface area contributed by atoms with Crippen molar-refractivity contribution in [1.29, 1.82) is 0 Å². The maximum atomic E-state index is 11.9. The molecule has 0 N–H and O–H groups in total. The van der Waals surface area contributed by atoms with Crippen molar-refractivity contribution in [2.24, 2.45) is 0 Å². The van der Waals surface area contributed by atoms with Crippen LogP contribution in [0.4, 0.5) is 0 Å². The summed E-state index contributed by atoms with van der Waals surface area (Å²) in [5.74, 6) is -0.330. The molecule has 0 atom stereocenters. The van der Waals surface area contributed by atoms with E-state index in [1.807, 2.05) is 55.5 Å². The lowest BCUT2D eigenvalue weighted by molar-refractivity contribution is 0.0468. The van der Waals surface area contributed by atoms with E-state index in [0.717, 1.165) is 22.2 Å². The molecule has 0 amide bonds. The molecule has 2 aromatic carbocycles. The topological polar surface area (TPSA) is 39.2 Å². The van der Waals surface area contributed by atoms with Gasteiger partial charge in [-0.05, 0) is 36.8 Å². The first-order valence-corrected chi connectivity index (χ1v) is 6.81. The quantitative estimate of drug-likeness (QED) is 0.681. The third kappa shape index (κ3) is 2.92. The highest BCUT2D eigenvalue weighted by Crippen LogP contribution is 2.18. The minimum absolute atomic E-state index is 0.180. The number of aryl methyl sites for hydroxylation is 1. The molecule has 0 spiro atoms. The van der Waals surface area contributed by atoms with Crippen LogP contribution < -0.4 is 0 Å². The van der Waals surface area contributed by atoms with Gasteiger partial charge in [-0.1, -0.05) is 36.4 Å². The minimum Gasteiger partial charge on any atom is -0.456 e. The Bertz CT molecular complexity index is 782. The number of carbonyl (C=O) groups excluding carboxylic acids is 1. The van der Waals surface area contributed by atoms with Crippen molar-refractivity contribution in [3.8, 4) is 0 Å². The number of rotatable bonds is 3. The molecule has 0 saturated heterocycles. The van der Waals surface area contributed by atoms with Crippen LogP contribution in [0.25, 0.3) is 10.9 Å². The van der Waals surface area contributed by atoms with E-state index in [2.05, 4.69) is 4.98 Å². The zero-order valence-corrected chi connectivity index (χ0v) is 11.7. The van der Waals surface area contributed by atoms with Crippen molar-refractivity contribution in [3.63, 3.8) is 0 Å². The summed E-state index contributed by atoms with van der Waals surface area (Å²) in [5, 5.41) is 1.12. The van der Waals surface area contributed by atoms with E-state index < -0.39 is 0 Å². The van der Waals surface area contributed by atoms with E-state index >= 15 is 0 Å². The number of aromatic nitrogens is 1. The highest BCUT2D eigenvalue weighted by Gasteiger charge is 2.08. The average Bonchev–Trinajstić information content (AvgIpc) is 2.53. The largest absolute Gasteiger partial charge is 0.456 e. The number of ether oxygens (including phenoxy) is 1. The lowest BCUT2D eigenvalue weighted by atomic mass is 10.1. The predicted molar refractivity (Wildman–Crippen MR) is 82.0 cm³/mol. The Morgan fingerprint density at radius 1 is 1.05 bits per heavy atom. The Morgan fingerprint density at radius 3 is 2.57 bits per heavy atom. The fourth-order valence-electron chi connectivity index (χ4n) is 2.29. The molecule has 0 aliphatic carbocycles. The molecule has 21 heavy (non-hydrogen) atoms. The minimum atomic E-state index is -0.330. The van der Waals surface area contributed by atoms with Crippen LogP contribution in [0, 0.1) is 6.92 Å². The summed E-state index contributed by atoms with van der Waals surface area (Å²) in [6.07, 6.45) is 0. The van der Waals surface area contributed by atoms with Crippen LogP contribution in [-0.2, 0) is 11.3 Å². The first-order chi connectivity index (χ1) is 10.2. The van der Waals surface area contributed by atoms with Crippen LogP contribution >= 0.6 is 0 Å². The van der Waals surface area contributed by atoms with Crippen LogP contribution in [0.3, 0.4) is 0 Å². The SMILES string of the molecule is Cc1cc(COC(=O)c2ccccc2)nc2ccccc12. The Balaban J connectivity index is 1.78. The molecule has 0 fully saturated rings. The van der Waals surface area contributed by atoms with Crippen LogP contribution in [-0.4, -0.2) is 11.0 Å². The predicted octanol–water partition coefficient (Wildman–Crippen LogP) is 3.90. The molecule has 0 bridgehead atoms. The van der Waals surface area contributed by atoms with Gasteiger partial charge in [0.15, 0.2) is 0 Å². The summed E-state index contributed by atoms with van der Waals surface area (Å²) in [4.78, 5) is 16.4. The lowest BCUT2D eigenvalue weighted by Crippen LogP contribution is -2.06. The monoisotopic (exact) mass is 277 g/mol. The second-order valence-corrected chi connectivity index (χ2v) is 4.89. The second kappa shape index (κ2) is 5.75. The molecule has 1 heterocycles. The molecule has 0 saturated carbocycles. The van der Waals surface area contributed by atoms with E-state index in [1.54, 1.807) is 12.1 Å². The highest BCUT2D eigenvalue weighted by atomic mass is 16.5. The fraction of sp³-hybridized carbons (Fsp3) is 0.111. The van der Waals surface area contributed by atoms with E-state index in [-0.39, 0.29) is 12.6 Å². The number of hydrogen-bond donors (Lipinski definition) is 0. The molecular weight excluding hydrogens is 262 g/mol. The molecule has 3 rings (SSSR count). The van der Waals surface area contributed by atoms with Crippen LogP contribution in [0.1, 0.15) is 21.6 Å². The van der Waals surface area contributed by atoms with Gasteiger partial charge >= 0.3 is 5.97 Å². The summed E-state index contributed by atoms with van der Waals surface area (Å²) in [5.41, 5.74) is 3.36. The number of fused-ring (bicyclic) bond motifs is 1. The van der Waals surface area contributed by atoms with Crippen molar-refractivity contribution in [1.82, 2.24) is 4.98 Å². The smallest absolute Gasteiger partial charge is 0.338 e. The molecule has 1 aromatic heterocycles. The zero-order chi connectivity index (χ0) is 14.7. The highest BCUT2D eigenvalue weighted by molar-refractivity contribution is 5.89. The first kappa shape index (κ1) is 13.3. The number of nitrogens with zero attached hydrogens (tertiary/aromatic N) is 1. The molecular formula is C18H15NO2. The molecule has 104 valence electrons. The van der Waals surface area contributed by atoms with Gasteiger partial charge in [0.2, 0.25) is 0 Å². The Kier molecular flexibility index (Phi) is 3.65. The lowest BCUT2D eigenvalue weighted by Gasteiger charge is -2.07. The van der Waals surface area contributed by atoms with Gasteiger partial charge in [-0.3, -0.25) is 0 Å². The zero-order valence-electron chi connectivity index (χ0n) is 11.7. The van der Waals surface area contributed by atoms with Gasteiger partial charge in [-0.25, -0.2) is 9.78 Å². The molecule has 3 nitrogen and oxygen atoms in total. The Hall–Kier alpha value is -2.68. The van der Waals surface area contributed by atoms with Crippen molar-refractivity contribution in [2.45, 2.75) is 13.5 Å². The third-order valence-corrected chi connectivity index (χ3v) is 3.34. The standard InChI is InChI=1S/C18H15NO2/c1-13-11-15(19-17-10-6-5-9-16(13)17)12-21-18(20)14-7-3-2-4-8-14/h2-11H,12H2,1H3. The van der Waals surface area contributed by atoms with Crippen LogP contribution in [0.2, 0.25) is 0 Å². The number of carbonyl (C=O) groups is 1. The Morgan fingerprint density at radius 2 is 1.76 bits per heavy atom. The van der Waals surface area contributed by atoms with Gasteiger partial charge in [-0.2, -0.15) is 0 Å². The summed E-state index contributed by atoms with van der Waals surface area (Å²) in [7, 11) is 0. The van der Waals surface area contributed by atoms with Crippen molar-refractivity contribution in [3.05, 3.63) is 77.5 Å². The number of esters is 1. The van der Waals surface area contributed by atoms with Crippen LogP contribution in [0.5, 0.6) is 0 Å². The van der Waals surface area contributed by atoms with Gasteiger partial charge in [0.25, 0.3) is 0 Å². The van der Waals surface area contributed by atoms with Gasteiger partial charge in [-0.15, -0.1) is 0 Å². The fourth-order valence-corrected chi connectivity index (χ4v) is 2.29. The van der Waals surface area contributed by atoms with Gasteiger partial charge < -0.3 is 4.74 Å².